The molecule has 0 bridgehead atoms. The van der Waals surface area contributed by atoms with Crippen LogP contribution in [0.2, 0.25) is 0 Å². The van der Waals surface area contributed by atoms with Crippen molar-refractivity contribution in [3.05, 3.63) is 74.3 Å². The van der Waals surface area contributed by atoms with Gasteiger partial charge in [-0.2, -0.15) is 0 Å². The zero-order valence-corrected chi connectivity index (χ0v) is 19.3. The molecule has 1 saturated heterocycles. The van der Waals surface area contributed by atoms with Gasteiger partial charge in [0.2, 0.25) is 0 Å². The Bertz CT molecular complexity index is 1250. The molecule has 0 aliphatic carbocycles. The van der Waals surface area contributed by atoms with Crippen molar-refractivity contribution < 1.29 is 9.53 Å². The van der Waals surface area contributed by atoms with Crippen molar-refractivity contribution in [2.75, 3.05) is 32.1 Å². The second kappa shape index (κ2) is 9.62. The molecule has 3 aromatic rings. The van der Waals surface area contributed by atoms with Crippen molar-refractivity contribution in [3.63, 3.8) is 0 Å². The van der Waals surface area contributed by atoms with E-state index in [1.807, 2.05) is 50.2 Å². The Hall–Kier alpha value is -3.39. The molecule has 1 atom stereocenters. The number of anilines is 1. The van der Waals surface area contributed by atoms with E-state index in [-0.39, 0.29) is 12.0 Å². The predicted octanol–water partition coefficient (Wildman–Crippen LogP) is 2.60. The van der Waals surface area contributed by atoms with Gasteiger partial charge in [-0.25, -0.2) is 0 Å². The molecule has 8 nitrogen and oxygen atoms in total. The monoisotopic (exact) mass is 450 g/mol. The Labute approximate surface area is 192 Å². The van der Waals surface area contributed by atoms with Gasteiger partial charge in [0, 0.05) is 51.6 Å². The number of carbonyl (C=O) groups is 1. The van der Waals surface area contributed by atoms with Gasteiger partial charge in [-0.15, -0.1) is 0 Å². The van der Waals surface area contributed by atoms with E-state index in [1.54, 1.807) is 23.1 Å². The number of amides is 1. The van der Waals surface area contributed by atoms with Gasteiger partial charge in [-0.05, 0) is 55.7 Å². The third-order valence-electron chi connectivity index (χ3n) is 6.10. The molecule has 33 heavy (non-hydrogen) atoms. The topological polar surface area (TPSA) is 87.6 Å². The zero-order valence-electron chi connectivity index (χ0n) is 19.3. The highest BCUT2D eigenvalue weighted by Gasteiger charge is 2.24. The van der Waals surface area contributed by atoms with Crippen LogP contribution >= 0.6 is 0 Å². The summed E-state index contributed by atoms with van der Waals surface area (Å²) in [5.74, 6) is -0.140. The van der Waals surface area contributed by atoms with E-state index in [4.69, 9.17) is 4.74 Å². The summed E-state index contributed by atoms with van der Waals surface area (Å²) < 4.78 is 7.22. The first-order chi connectivity index (χ1) is 15.9. The Morgan fingerprint density at radius 3 is 2.55 bits per heavy atom. The maximum absolute atomic E-state index is 13.6. The molecule has 2 aromatic carbocycles. The van der Waals surface area contributed by atoms with Crippen LogP contribution in [0, 0.1) is 0 Å². The lowest BCUT2D eigenvalue weighted by atomic mass is 10.1. The van der Waals surface area contributed by atoms with Crippen LogP contribution in [-0.4, -0.2) is 53.7 Å². The second-order valence-corrected chi connectivity index (χ2v) is 8.62. The van der Waals surface area contributed by atoms with E-state index in [2.05, 4.69) is 4.98 Å². The van der Waals surface area contributed by atoms with Crippen molar-refractivity contribution in [1.29, 1.82) is 0 Å². The second-order valence-electron chi connectivity index (χ2n) is 8.62. The molecule has 0 radical (unpaired) electrons. The number of aromatic amines is 1. The Morgan fingerprint density at radius 2 is 1.91 bits per heavy atom. The number of aromatic nitrogens is 2. The third-order valence-corrected chi connectivity index (χ3v) is 6.10. The van der Waals surface area contributed by atoms with E-state index >= 15 is 0 Å². The highest BCUT2D eigenvalue weighted by Crippen LogP contribution is 2.20. The van der Waals surface area contributed by atoms with Crippen LogP contribution in [0.25, 0.3) is 11.0 Å². The largest absolute Gasteiger partial charge is 0.378 e. The van der Waals surface area contributed by atoms with E-state index in [1.165, 1.54) is 4.57 Å². The third kappa shape index (κ3) is 4.85. The van der Waals surface area contributed by atoms with E-state index in [9.17, 15) is 14.4 Å². The molecule has 1 aromatic heterocycles. The number of ether oxygens (including phenoxy) is 1. The number of benzene rings is 2. The van der Waals surface area contributed by atoms with Crippen molar-refractivity contribution in [1.82, 2.24) is 14.5 Å². The lowest BCUT2D eigenvalue weighted by molar-refractivity contribution is 0.0507. The van der Waals surface area contributed by atoms with Gasteiger partial charge < -0.3 is 24.1 Å². The molecule has 4 rings (SSSR count). The first kappa shape index (κ1) is 22.8. The van der Waals surface area contributed by atoms with Crippen molar-refractivity contribution in [2.45, 2.75) is 39.0 Å². The molecule has 1 amide bonds. The van der Waals surface area contributed by atoms with Gasteiger partial charge >= 0.3 is 11.1 Å². The summed E-state index contributed by atoms with van der Waals surface area (Å²) in [5, 5.41) is 0. The number of fused-ring (bicyclic) bond motifs is 1. The summed E-state index contributed by atoms with van der Waals surface area (Å²) in [6.07, 6.45) is 1.94. The average molecular weight is 451 g/mol. The van der Waals surface area contributed by atoms with Crippen LogP contribution in [0.1, 0.15) is 35.7 Å². The minimum absolute atomic E-state index is 0.0144. The van der Waals surface area contributed by atoms with Crippen molar-refractivity contribution in [2.24, 2.45) is 0 Å². The van der Waals surface area contributed by atoms with Gasteiger partial charge in [-0.3, -0.25) is 14.4 Å². The van der Waals surface area contributed by atoms with E-state index < -0.39 is 11.1 Å². The molecular formula is C25H30N4O4. The minimum atomic E-state index is -0.689. The van der Waals surface area contributed by atoms with E-state index in [0.29, 0.717) is 36.2 Å². The normalized spacial score (nSPS) is 15.7. The fourth-order valence-electron chi connectivity index (χ4n) is 4.28. The van der Waals surface area contributed by atoms with Gasteiger partial charge in [0.1, 0.15) is 0 Å². The number of nitrogens with zero attached hydrogens (tertiary/aromatic N) is 3. The van der Waals surface area contributed by atoms with Crippen LogP contribution in [0.3, 0.4) is 0 Å². The van der Waals surface area contributed by atoms with E-state index in [0.717, 1.165) is 30.7 Å². The molecule has 1 unspecified atom stereocenters. The quantitative estimate of drug-likeness (QED) is 0.559. The highest BCUT2D eigenvalue weighted by molar-refractivity contribution is 5.97. The molecule has 1 aliphatic rings. The Balaban J connectivity index is 1.66. The van der Waals surface area contributed by atoms with Crippen molar-refractivity contribution in [3.8, 4) is 0 Å². The number of aryl methyl sites for hydroxylation is 1. The number of rotatable bonds is 7. The highest BCUT2D eigenvalue weighted by atomic mass is 16.5. The van der Waals surface area contributed by atoms with Crippen LogP contribution < -0.4 is 16.0 Å². The van der Waals surface area contributed by atoms with Crippen LogP contribution in [0.4, 0.5) is 5.69 Å². The summed E-state index contributed by atoms with van der Waals surface area (Å²) in [5.41, 5.74) is 2.37. The number of hydrogen-bond donors (Lipinski definition) is 1. The maximum atomic E-state index is 13.6. The molecule has 0 spiro atoms. The first-order valence-electron chi connectivity index (χ1n) is 11.3. The van der Waals surface area contributed by atoms with Gasteiger partial charge in [0.25, 0.3) is 5.91 Å². The Morgan fingerprint density at radius 1 is 1.15 bits per heavy atom. The smallest absolute Gasteiger partial charge is 0.316 e. The first-order valence-corrected chi connectivity index (χ1v) is 11.3. The Kier molecular flexibility index (Phi) is 6.65. The molecular weight excluding hydrogens is 420 g/mol. The molecule has 8 heteroatoms. The van der Waals surface area contributed by atoms with Crippen LogP contribution in [-0.2, 0) is 17.8 Å². The number of carbonyl (C=O) groups excluding carboxylic acids is 1. The summed E-state index contributed by atoms with van der Waals surface area (Å²) >= 11 is 0. The summed E-state index contributed by atoms with van der Waals surface area (Å²) in [7, 11) is 3.98. The van der Waals surface area contributed by atoms with Crippen LogP contribution in [0.5, 0.6) is 0 Å². The van der Waals surface area contributed by atoms with Gasteiger partial charge in [0.15, 0.2) is 0 Å². The number of hydrogen-bond acceptors (Lipinski definition) is 5. The molecule has 0 saturated carbocycles. The maximum Gasteiger partial charge on any atom is 0.316 e. The summed E-state index contributed by atoms with van der Waals surface area (Å²) in [6, 6.07) is 13.2. The summed E-state index contributed by atoms with van der Waals surface area (Å²) in [4.78, 5) is 44.2. The van der Waals surface area contributed by atoms with Gasteiger partial charge in [-0.1, -0.05) is 12.1 Å². The SMILES string of the molecule is CCn1c(=O)c(=O)[nH]c2cc(C(=O)N(Cc3ccc(N(C)C)cc3)CC3CCCO3)ccc21. The van der Waals surface area contributed by atoms with Gasteiger partial charge in [0.05, 0.1) is 17.1 Å². The number of H-pyrrole nitrogens is 1. The molecule has 2 heterocycles. The minimum Gasteiger partial charge on any atom is -0.378 e. The fraction of sp³-hybridized carbons (Fsp3) is 0.400. The lowest BCUT2D eigenvalue weighted by Gasteiger charge is -2.26. The van der Waals surface area contributed by atoms with Crippen LogP contribution in [0.15, 0.2) is 52.1 Å². The molecule has 1 aliphatic heterocycles. The fourth-order valence-corrected chi connectivity index (χ4v) is 4.28. The van der Waals surface area contributed by atoms with Crippen molar-refractivity contribution >= 4 is 22.6 Å². The molecule has 1 fully saturated rings. The summed E-state index contributed by atoms with van der Waals surface area (Å²) in [6.45, 7) is 3.85. The average Bonchev–Trinajstić information content (AvgIpc) is 3.32. The standard InChI is InChI=1S/C25H30N4O4/c1-4-29-22-12-9-18(14-21(22)26-23(30)25(29)32)24(31)28(16-20-6-5-13-33-20)15-17-7-10-19(11-8-17)27(2)3/h7-12,14,20H,4-6,13,15-16H2,1-3H3,(H,26,30). The number of nitrogens with one attached hydrogen (secondary N) is 1. The molecule has 1 N–H and O–H groups in total. The zero-order chi connectivity index (χ0) is 23.5. The lowest BCUT2D eigenvalue weighted by Crippen LogP contribution is -2.37. The molecule has 174 valence electrons. The predicted molar refractivity (Wildman–Crippen MR) is 129 cm³/mol.